The molecule has 3 aromatic rings. The van der Waals surface area contributed by atoms with E-state index in [4.69, 9.17) is 10.3 Å². The minimum atomic E-state index is -3.84. The molecule has 1 fully saturated rings. The Morgan fingerprint density at radius 2 is 1.78 bits per heavy atom. The molecule has 0 bridgehead atoms. The van der Waals surface area contributed by atoms with Crippen molar-refractivity contribution in [3.05, 3.63) is 54.4 Å². The van der Waals surface area contributed by atoms with E-state index in [0.717, 1.165) is 12.8 Å². The van der Waals surface area contributed by atoms with Gasteiger partial charge in [-0.1, -0.05) is 18.1 Å². The first-order chi connectivity index (χ1) is 15.0. The Labute approximate surface area is 186 Å². The van der Waals surface area contributed by atoms with E-state index in [1.165, 1.54) is 12.1 Å². The molecule has 0 spiro atoms. The number of nitrogens with zero attached hydrogens (tertiary/aromatic N) is 2. The molecular formula is C22H25N5O4S. The van der Waals surface area contributed by atoms with Crippen LogP contribution < -0.4 is 15.8 Å². The molecular weight excluding hydrogens is 430 g/mol. The number of carbonyl (C=O) groups is 1. The van der Waals surface area contributed by atoms with Crippen molar-refractivity contribution >= 4 is 27.3 Å². The quantitative estimate of drug-likeness (QED) is 0.495. The number of aromatic nitrogens is 2. The molecule has 1 saturated carbocycles. The van der Waals surface area contributed by atoms with Crippen molar-refractivity contribution in [1.82, 2.24) is 10.1 Å². The average molecular weight is 456 g/mol. The lowest BCUT2D eigenvalue weighted by molar-refractivity contribution is -0.120. The Kier molecular flexibility index (Phi) is 5.30. The zero-order valence-electron chi connectivity index (χ0n) is 18.0. The number of nitrogens with two attached hydrogens (primary N) is 1. The van der Waals surface area contributed by atoms with Crippen molar-refractivity contribution in [3.8, 4) is 11.4 Å². The van der Waals surface area contributed by atoms with Crippen LogP contribution in [0, 0.1) is 5.41 Å². The van der Waals surface area contributed by atoms with Crippen LogP contribution in [-0.2, 0) is 20.4 Å². The van der Waals surface area contributed by atoms with Gasteiger partial charge in [-0.2, -0.15) is 4.98 Å². The predicted octanol–water partition coefficient (Wildman–Crippen LogP) is 3.47. The molecule has 168 valence electrons. The summed E-state index contributed by atoms with van der Waals surface area (Å²) in [6, 6.07) is 12.7. The third-order valence-electron chi connectivity index (χ3n) is 5.32. The number of benzene rings is 2. The third kappa shape index (κ3) is 4.66. The fourth-order valence-corrected chi connectivity index (χ4v) is 4.01. The molecule has 9 nitrogen and oxygen atoms in total. The van der Waals surface area contributed by atoms with Gasteiger partial charge in [0.1, 0.15) is 0 Å². The number of nitrogens with one attached hydrogen (secondary N) is 2. The van der Waals surface area contributed by atoms with Gasteiger partial charge < -0.3 is 15.6 Å². The minimum Gasteiger partial charge on any atom is -0.337 e. The number of amides is 1. The van der Waals surface area contributed by atoms with Crippen LogP contribution >= 0.6 is 0 Å². The van der Waals surface area contributed by atoms with E-state index >= 15 is 0 Å². The van der Waals surface area contributed by atoms with E-state index in [0.29, 0.717) is 22.8 Å². The van der Waals surface area contributed by atoms with Gasteiger partial charge in [0.05, 0.1) is 16.1 Å². The molecule has 4 rings (SSSR count). The molecule has 0 saturated heterocycles. The third-order valence-corrected chi connectivity index (χ3v) is 6.72. The molecule has 10 heteroatoms. The standard InChI is InChI=1S/C22H25N5O4S/c1-21(2,23)20-25-18(26-31-20)14-7-9-17(10-8-14)32(29,30)27-16-6-4-5-15(13-16)24-19(28)22(3)11-12-22/h4-10,13,27H,11-12,23H2,1-3H3,(H,24,28). The van der Waals surface area contributed by atoms with Crippen LogP contribution in [-0.4, -0.2) is 24.5 Å². The van der Waals surface area contributed by atoms with Gasteiger partial charge in [0, 0.05) is 16.7 Å². The first-order valence-corrected chi connectivity index (χ1v) is 11.6. The normalized spacial score (nSPS) is 15.2. The van der Waals surface area contributed by atoms with Crippen LogP contribution in [0.15, 0.2) is 57.9 Å². The summed E-state index contributed by atoms with van der Waals surface area (Å²) in [6.07, 6.45) is 1.71. The van der Waals surface area contributed by atoms with Crippen LogP contribution in [0.4, 0.5) is 11.4 Å². The maximum absolute atomic E-state index is 12.8. The first-order valence-electron chi connectivity index (χ1n) is 10.1. The van der Waals surface area contributed by atoms with Crippen LogP contribution in [0.2, 0.25) is 0 Å². The molecule has 1 heterocycles. The van der Waals surface area contributed by atoms with Crippen molar-refractivity contribution in [2.45, 2.75) is 44.0 Å². The lowest BCUT2D eigenvalue weighted by Gasteiger charge is -2.12. The molecule has 32 heavy (non-hydrogen) atoms. The van der Waals surface area contributed by atoms with Gasteiger partial charge in [-0.05, 0) is 69.2 Å². The van der Waals surface area contributed by atoms with E-state index in [1.807, 2.05) is 6.92 Å². The Morgan fingerprint density at radius 1 is 1.12 bits per heavy atom. The van der Waals surface area contributed by atoms with Crippen molar-refractivity contribution in [2.24, 2.45) is 11.1 Å². The lowest BCUT2D eigenvalue weighted by Crippen LogP contribution is -2.28. The van der Waals surface area contributed by atoms with Gasteiger partial charge in [0.2, 0.25) is 17.6 Å². The highest BCUT2D eigenvalue weighted by atomic mass is 32.2. The van der Waals surface area contributed by atoms with Crippen LogP contribution in [0.1, 0.15) is 39.5 Å². The topological polar surface area (TPSA) is 140 Å². The highest BCUT2D eigenvalue weighted by Gasteiger charge is 2.44. The van der Waals surface area contributed by atoms with E-state index in [-0.39, 0.29) is 22.1 Å². The molecule has 0 atom stereocenters. The Balaban J connectivity index is 1.48. The molecule has 1 amide bonds. The molecule has 4 N–H and O–H groups in total. The second-order valence-corrected chi connectivity index (χ2v) is 10.6. The van der Waals surface area contributed by atoms with Crippen molar-refractivity contribution in [2.75, 3.05) is 10.0 Å². The average Bonchev–Trinajstić information content (AvgIpc) is 3.27. The number of anilines is 2. The Morgan fingerprint density at radius 3 is 2.38 bits per heavy atom. The van der Waals surface area contributed by atoms with E-state index < -0.39 is 15.6 Å². The summed E-state index contributed by atoms with van der Waals surface area (Å²) >= 11 is 0. The Hall–Kier alpha value is -3.24. The number of hydrogen-bond acceptors (Lipinski definition) is 7. The van der Waals surface area contributed by atoms with E-state index in [1.54, 1.807) is 50.2 Å². The maximum atomic E-state index is 12.8. The predicted molar refractivity (Wildman–Crippen MR) is 120 cm³/mol. The second-order valence-electron chi connectivity index (χ2n) is 8.87. The molecule has 1 aliphatic carbocycles. The van der Waals surface area contributed by atoms with Gasteiger partial charge in [-0.3, -0.25) is 9.52 Å². The van der Waals surface area contributed by atoms with E-state index in [2.05, 4.69) is 20.2 Å². The molecule has 1 aliphatic rings. The van der Waals surface area contributed by atoms with Gasteiger partial charge in [-0.15, -0.1) is 0 Å². The summed E-state index contributed by atoms with van der Waals surface area (Å²) in [5, 5.41) is 6.74. The van der Waals surface area contributed by atoms with Crippen molar-refractivity contribution < 1.29 is 17.7 Å². The smallest absolute Gasteiger partial charge is 0.261 e. The van der Waals surface area contributed by atoms with E-state index in [9.17, 15) is 13.2 Å². The summed E-state index contributed by atoms with van der Waals surface area (Å²) in [5.74, 6) is 0.549. The molecule has 1 aromatic heterocycles. The summed E-state index contributed by atoms with van der Waals surface area (Å²) in [5.41, 5.74) is 6.34. The van der Waals surface area contributed by atoms with Crippen LogP contribution in [0.3, 0.4) is 0 Å². The summed E-state index contributed by atoms with van der Waals surface area (Å²) in [6.45, 7) is 5.40. The number of hydrogen-bond donors (Lipinski definition) is 3. The molecule has 0 radical (unpaired) electrons. The maximum Gasteiger partial charge on any atom is 0.261 e. The number of sulfonamides is 1. The van der Waals surface area contributed by atoms with Gasteiger partial charge >= 0.3 is 0 Å². The van der Waals surface area contributed by atoms with Crippen molar-refractivity contribution in [1.29, 1.82) is 0 Å². The van der Waals surface area contributed by atoms with Crippen molar-refractivity contribution in [3.63, 3.8) is 0 Å². The van der Waals surface area contributed by atoms with Gasteiger partial charge in [0.15, 0.2) is 0 Å². The highest BCUT2D eigenvalue weighted by Crippen LogP contribution is 2.45. The number of rotatable bonds is 7. The lowest BCUT2D eigenvalue weighted by atomic mass is 10.1. The summed E-state index contributed by atoms with van der Waals surface area (Å²) < 4.78 is 33.4. The fraction of sp³-hybridized carbons (Fsp3) is 0.318. The zero-order valence-corrected chi connectivity index (χ0v) is 18.9. The summed E-state index contributed by atoms with van der Waals surface area (Å²) in [7, 11) is -3.84. The SMILES string of the molecule is CC1(C(=O)Nc2cccc(NS(=O)(=O)c3ccc(-c4noc(C(C)(C)N)n4)cc3)c2)CC1. The Bertz CT molecular complexity index is 1260. The largest absolute Gasteiger partial charge is 0.337 e. The fourth-order valence-electron chi connectivity index (χ4n) is 2.96. The first kappa shape index (κ1) is 22.0. The van der Waals surface area contributed by atoms with Gasteiger partial charge in [-0.25, -0.2) is 8.42 Å². The van der Waals surface area contributed by atoms with Crippen LogP contribution in [0.5, 0.6) is 0 Å². The molecule has 0 aliphatic heterocycles. The highest BCUT2D eigenvalue weighted by molar-refractivity contribution is 7.92. The second kappa shape index (κ2) is 7.72. The van der Waals surface area contributed by atoms with Gasteiger partial charge in [0.25, 0.3) is 10.0 Å². The molecule has 0 unspecified atom stereocenters. The van der Waals surface area contributed by atoms with Crippen LogP contribution in [0.25, 0.3) is 11.4 Å². The minimum absolute atomic E-state index is 0.0595. The summed E-state index contributed by atoms with van der Waals surface area (Å²) in [4.78, 5) is 16.6. The zero-order chi connectivity index (χ0) is 23.1. The number of carbonyl (C=O) groups excluding carboxylic acids is 1. The monoisotopic (exact) mass is 455 g/mol. The molecule has 2 aromatic carbocycles.